The average molecular weight is 418 g/mol. The molecule has 1 aromatic carbocycles. The SMILES string of the molecule is Cc1ccc(C(=O)N2CCC3(CC2)SCCN3C(=O)C2CCCC2)cc1[N+](=O)[O-]. The summed E-state index contributed by atoms with van der Waals surface area (Å²) >= 11 is 1.86. The van der Waals surface area contributed by atoms with E-state index < -0.39 is 4.92 Å². The first kappa shape index (κ1) is 20.2. The number of amides is 2. The molecule has 0 atom stereocenters. The minimum Gasteiger partial charge on any atom is -0.338 e. The molecular formula is C21H27N3O4S. The Morgan fingerprint density at radius 1 is 1.17 bits per heavy atom. The highest BCUT2D eigenvalue weighted by molar-refractivity contribution is 8.00. The fraction of sp³-hybridized carbons (Fsp3) is 0.619. The number of nitro groups is 1. The molecule has 156 valence electrons. The van der Waals surface area contributed by atoms with Crippen molar-refractivity contribution >= 4 is 29.3 Å². The van der Waals surface area contributed by atoms with E-state index in [-0.39, 0.29) is 22.4 Å². The average Bonchev–Trinajstić information content (AvgIpc) is 3.38. The zero-order chi connectivity index (χ0) is 20.6. The van der Waals surface area contributed by atoms with E-state index in [0.29, 0.717) is 30.1 Å². The smallest absolute Gasteiger partial charge is 0.273 e. The first-order valence-corrected chi connectivity index (χ1v) is 11.4. The van der Waals surface area contributed by atoms with Crippen molar-refractivity contribution in [2.45, 2.75) is 50.3 Å². The highest BCUT2D eigenvalue weighted by Gasteiger charge is 2.48. The Balaban J connectivity index is 1.45. The van der Waals surface area contributed by atoms with Gasteiger partial charge in [0.15, 0.2) is 0 Å². The molecule has 2 heterocycles. The lowest BCUT2D eigenvalue weighted by atomic mass is 9.98. The van der Waals surface area contributed by atoms with E-state index >= 15 is 0 Å². The van der Waals surface area contributed by atoms with E-state index in [4.69, 9.17) is 0 Å². The third-order valence-corrected chi connectivity index (χ3v) is 8.19. The highest BCUT2D eigenvalue weighted by Crippen LogP contribution is 2.45. The summed E-state index contributed by atoms with van der Waals surface area (Å²) in [6.45, 7) is 3.62. The van der Waals surface area contributed by atoms with Gasteiger partial charge in [-0.2, -0.15) is 0 Å². The second-order valence-electron chi connectivity index (χ2n) is 8.32. The molecule has 0 radical (unpaired) electrons. The van der Waals surface area contributed by atoms with Gasteiger partial charge < -0.3 is 9.80 Å². The molecule has 3 fully saturated rings. The molecule has 29 heavy (non-hydrogen) atoms. The monoisotopic (exact) mass is 417 g/mol. The van der Waals surface area contributed by atoms with E-state index in [1.807, 2.05) is 11.8 Å². The molecule has 0 unspecified atom stereocenters. The van der Waals surface area contributed by atoms with Crippen LogP contribution in [0, 0.1) is 23.0 Å². The third-order valence-electron chi connectivity index (χ3n) is 6.63. The maximum atomic E-state index is 13.1. The van der Waals surface area contributed by atoms with Gasteiger partial charge in [0.1, 0.15) is 0 Å². The number of benzene rings is 1. The van der Waals surface area contributed by atoms with Crippen molar-refractivity contribution in [3.63, 3.8) is 0 Å². The van der Waals surface area contributed by atoms with Crippen molar-refractivity contribution in [2.24, 2.45) is 5.92 Å². The second-order valence-corrected chi connectivity index (χ2v) is 9.77. The number of nitro benzene ring substituents is 1. The van der Waals surface area contributed by atoms with Gasteiger partial charge in [-0.05, 0) is 38.7 Å². The summed E-state index contributed by atoms with van der Waals surface area (Å²) in [6.07, 6.45) is 5.83. The number of nitrogens with zero attached hydrogens (tertiary/aromatic N) is 3. The summed E-state index contributed by atoms with van der Waals surface area (Å²) in [5.74, 6) is 1.27. The van der Waals surface area contributed by atoms with Crippen LogP contribution in [0.25, 0.3) is 0 Å². The molecule has 2 amide bonds. The molecule has 0 aromatic heterocycles. The number of aryl methyl sites for hydroxylation is 1. The Morgan fingerprint density at radius 2 is 1.86 bits per heavy atom. The van der Waals surface area contributed by atoms with Gasteiger partial charge in [-0.25, -0.2) is 0 Å². The van der Waals surface area contributed by atoms with Crippen molar-refractivity contribution in [3.8, 4) is 0 Å². The fourth-order valence-electron chi connectivity index (χ4n) is 4.91. The van der Waals surface area contributed by atoms with Crippen LogP contribution in [-0.2, 0) is 4.79 Å². The summed E-state index contributed by atoms with van der Waals surface area (Å²) in [6, 6.07) is 4.67. The van der Waals surface area contributed by atoms with Crippen LogP contribution >= 0.6 is 11.8 Å². The number of carbonyl (C=O) groups is 2. The molecule has 8 heteroatoms. The molecule has 0 bridgehead atoms. The molecule has 3 aliphatic rings. The van der Waals surface area contributed by atoms with Gasteiger partial charge in [0.2, 0.25) is 5.91 Å². The molecular weight excluding hydrogens is 390 g/mol. The molecule has 1 aromatic rings. The molecule has 2 aliphatic heterocycles. The Morgan fingerprint density at radius 3 is 2.52 bits per heavy atom. The Bertz CT molecular complexity index is 829. The van der Waals surface area contributed by atoms with E-state index in [0.717, 1.165) is 50.8 Å². The Kier molecular flexibility index (Phi) is 5.55. The Labute approximate surface area is 175 Å². The molecule has 0 N–H and O–H groups in total. The van der Waals surface area contributed by atoms with Crippen molar-refractivity contribution in [1.82, 2.24) is 9.80 Å². The van der Waals surface area contributed by atoms with Crippen molar-refractivity contribution in [1.29, 1.82) is 0 Å². The Hall–Kier alpha value is -2.09. The zero-order valence-corrected chi connectivity index (χ0v) is 17.6. The lowest BCUT2D eigenvalue weighted by Crippen LogP contribution is -2.54. The van der Waals surface area contributed by atoms with E-state index in [1.165, 1.54) is 6.07 Å². The van der Waals surface area contributed by atoms with Crippen LogP contribution in [0.1, 0.15) is 54.4 Å². The van der Waals surface area contributed by atoms with Crippen LogP contribution in [0.15, 0.2) is 18.2 Å². The van der Waals surface area contributed by atoms with E-state index in [2.05, 4.69) is 4.90 Å². The highest BCUT2D eigenvalue weighted by atomic mass is 32.2. The van der Waals surface area contributed by atoms with Gasteiger partial charge in [0.25, 0.3) is 11.6 Å². The van der Waals surface area contributed by atoms with Crippen LogP contribution in [0.5, 0.6) is 0 Å². The lowest BCUT2D eigenvalue weighted by molar-refractivity contribution is -0.385. The van der Waals surface area contributed by atoms with Crippen LogP contribution in [0.3, 0.4) is 0 Å². The van der Waals surface area contributed by atoms with Crippen LogP contribution in [0.4, 0.5) is 5.69 Å². The predicted octanol–water partition coefficient (Wildman–Crippen LogP) is 3.60. The summed E-state index contributed by atoms with van der Waals surface area (Å²) in [5, 5.41) is 11.2. The van der Waals surface area contributed by atoms with Gasteiger partial charge >= 0.3 is 0 Å². The van der Waals surface area contributed by atoms with E-state index in [9.17, 15) is 19.7 Å². The maximum Gasteiger partial charge on any atom is 0.273 e. The maximum absolute atomic E-state index is 13.1. The van der Waals surface area contributed by atoms with Gasteiger partial charge in [-0.3, -0.25) is 19.7 Å². The largest absolute Gasteiger partial charge is 0.338 e. The molecule has 1 aliphatic carbocycles. The second kappa shape index (κ2) is 7.97. The molecule has 2 saturated heterocycles. The quantitative estimate of drug-likeness (QED) is 0.554. The number of hydrogen-bond acceptors (Lipinski definition) is 5. The number of likely N-dealkylation sites (tertiary alicyclic amines) is 1. The van der Waals surface area contributed by atoms with Gasteiger partial charge in [-0.1, -0.05) is 18.9 Å². The molecule has 1 saturated carbocycles. The van der Waals surface area contributed by atoms with Crippen LogP contribution in [-0.4, -0.2) is 56.8 Å². The van der Waals surface area contributed by atoms with Crippen molar-refractivity contribution < 1.29 is 14.5 Å². The molecule has 4 rings (SSSR count). The van der Waals surface area contributed by atoms with Gasteiger partial charge in [0, 0.05) is 48.5 Å². The normalized spacial score (nSPS) is 21.7. The summed E-state index contributed by atoms with van der Waals surface area (Å²) < 4.78 is 0. The minimum atomic E-state index is -0.445. The first-order chi connectivity index (χ1) is 13.9. The minimum absolute atomic E-state index is 0.0241. The summed E-state index contributed by atoms with van der Waals surface area (Å²) in [5.41, 5.74) is 0.882. The van der Waals surface area contributed by atoms with Gasteiger partial charge in [0.05, 0.1) is 9.79 Å². The van der Waals surface area contributed by atoms with Crippen molar-refractivity contribution in [3.05, 3.63) is 39.4 Å². The van der Waals surface area contributed by atoms with E-state index in [1.54, 1.807) is 24.0 Å². The number of carbonyl (C=O) groups excluding carboxylic acids is 2. The number of rotatable bonds is 3. The van der Waals surface area contributed by atoms with Crippen LogP contribution < -0.4 is 0 Å². The predicted molar refractivity (Wildman–Crippen MR) is 112 cm³/mol. The standard InChI is InChI=1S/C21H27N3O4S/c1-15-6-7-17(14-18(15)24(27)28)19(25)22-10-8-21(9-11-22)23(12-13-29-21)20(26)16-4-2-3-5-16/h6-7,14,16H,2-5,8-13H2,1H3. The zero-order valence-electron chi connectivity index (χ0n) is 16.8. The van der Waals surface area contributed by atoms with Gasteiger partial charge in [-0.15, -0.1) is 11.8 Å². The first-order valence-electron chi connectivity index (χ1n) is 10.4. The third kappa shape index (κ3) is 3.74. The molecule has 1 spiro atoms. The number of hydrogen-bond donors (Lipinski definition) is 0. The van der Waals surface area contributed by atoms with Crippen LogP contribution in [0.2, 0.25) is 0 Å². The van der Waals surface area contributed by atoms with Crippen molar-refractivity contribution in [2.75, 3.05) is 25.4 Å². The number of thioether (sulfide) groups is 1. The summed E-state index contributed by atoms with van der Waals surface area (Å²) in [7, 11) is 0. The number of piperidine rings is 1. The lowest BCUT2D eigenvalue weighted by Gasteiger charge is -2.44. The fourth-order valence-corrected chi connectivity index (χ4v) is 6.37. The molecule has 7 nitrogen and oxygen atoms in total. The topological polar surface area (TPSA) is 83.8 Å². The summed E-state index contributed by atoms with van der Waals surface area (Å²) in [4.78, 5) is 40.4.